The third-order valence-corrected chi connectivity index (χ3v) is 10.3. The van der Waals surface area contributed by atoms with E-state index in [1.54, 1.807) is 11.8 Å². The van der Waals surface area contributed by atoms with Crippen LogP contribution >= 0.6 is 11.8 Å². The minimum Gasteiger partial charge on any atom is -0.548 e. The van der Waals surface area contributed by atoms with Gasteiger partial charge in [-0.15, -0.1) is 11.8 Å². The molecule has 0 aliphatic rings. The maximum absolute atomic E-state index is 11.9. The van der Waals surface area contributed by atoms with E-state index in [4.69, 9.17) is 9.16 Å². The molecule has 26 heavy (non-hydrogen) atoms. The molecule has 0 heterocycles. The molecule has 1 aromatic carbocycles. The number of hydrogen-bond donors (Lipinski definition) is 1. The van der Waals surface area contributed by atoms with Crippen molar-refractivity contribution in [3.05, 3.63) is 47.1 Å². The highest BCUT2D eigenvalue weighted by atomic mass is 32.2. The SMILES string of the molecule is COC(=O)N[C@@H](c1ccccc1)[C@@H](C)/C(=C/O[Si](C)(C)C(C)(C)C)SC. The number of nitrogens with one attached hydrogen (secondary N) is 1. The van der Waals surface area contributed by atoms with Gasteiger partial charge < -0.3 is 14.5 Å². The molecule has 4 nitrogen and oxygen atoms in total. The van der Waals surface area contributed by atoms with E-state index in [0.717, 1.165) is 10.5 Å². The maximum Gasteiger partial charge on any atom is 0.407 e. The van der Waals surface area contributed by atoms with E-state index in [9.17, 15) is 4.79 Å². The first-order chi connectivity index (χ1) is 12.0. The third kappa shape index (κ3) is 6.09. The lowest BCUT2D eigenvalue weighted by Crippen LogP contribution is -2.39. The second-order valence-electron chi connectivity index (χ2n) is 7.92. The van der Waals surface area contributed by atoms with Crippen molar-refractivity contribution in [2.24, 2.45) is 5.92 Å². The van der Waals surface area contributed by atoms with Crippen LogP contribution in [0.25, 0.3) is 0 Å². The summed E-state index contributed by atoms with van der Waals surface area (Å²) in [6, 6.07) is 9.76. The van der Waals surface area contributed by atoms with Crippen LogP contribution in [-0.2, 0) is 9.16 Å². The highest BCUT2D eigenvalue weighted by Gasteiger charge is 2.38. The molecule has 0 saturated carbocycles. The first-order valence-electron chi connectivity index (χ1n) is 8.84. The van der Waals surface area contributed by atoms with Crippen molar-refractivity contribution in [3.8, 4) is 0 Å². The molecule has 146 valence electrons. The van der Waals surface area contributed by atoms with E-state index >= 15 is 0 Å². The normalized spacial score (nSPS) is 15.2. The molecular formula is C20H33NO3SSi. The lowest BCUT2D eigenvalue weighted by Gasteiger charge is -2.36. The Labute approximate surface area is 163 Å². The van der Waals surface area contributed by atoms with Crippen LogP contribution in [0.2, 0.25) is 18.1 Å². The zero-order valence-electron chi connectivity index (χ0n) is 17.3. The summed E-state index contributed by atoms with van der Waals surface area (Å²) in [5.74, 6) is 0.0521. The van der Waals surface area contributed by atoms with Gasteiger partial charge >= 0.3 is 6.09 Å². The predicted molar refractivity (Wildman–Crippen MR) is 114 cm³/mol. The van der Waals surface area contributed by atoms with Gasteiger partial charge in [0.1, 0.15) is 0 Å². The number of hydrogen-bond acceptors (Lipinski definition) is 4. The van der Waals surface area contributed by atoms with E-state index in [1.807, 2.05) is 42.8 Å². The van der Waals surface area contributed by atoms with Crippen LogP contribution in [0.5, 0.6) is 0 Å². The van der Waals surface area contributed by atoms with Crippen molar-refractivity contribution in [2.75, 3.05) is 13.4 Å². The monoisotopic (exact) mass is 395 g/mol. The highest BCUT2D eigenvalue weighted by Crippen LogP contribution is 2.39. The minimum absolute atomic E-state index is 0.0521. The fraction of sp³-hybridized carbons (Fsp3) is 0.550. The second-order valence-corrected chi connectivity index (χ2v) is 13.6. The first kappa shape index (κ1) is 22.6. The van der Waals surface area contributed by atoms with Gasteiger partial charge in [0.2, 0.25) is 8.32 Å². The van der Waals surface area contributed by atoms with Gasteiger partial charge in [-0.25, -0.2) is 4.79 Å². The van der Waals surface area contributed by atoms with Crippen LogP contribution in [0.3, 0.4) is 0 Å². The van der Waals surface area contributed by atoms with Gasteiger partial charge in [-0.3, -0.25) is 0 Å². The maximum atomic E-state index is 11.9. The lowest BCUT2D eigenvalue weighted by molar-refractivity contribution is 0.164. The zero-order chi connectivity index (χ0) is 20.0. The molecule has 0 spiro atoms. The molecule has 0 bridgehead atoms. The van der Waals surface area contributed by atoms with Crippen LogP contribution < -0.4 is 5.32 Å². The number of carbonyl (C=O) groups excluding carboxylic acids is 1. The van der Waals surface area contributed by atoms with Crippen molar-refractivity contribution < 1.29 is 14.0 Å². The topological polar surface area (TPSA) is 47.6 Å². The summed E-state index contributed by atoms with van der Waals surface area (Å²) in [4.78, 5) is 13.0. The summed E-state index contributed by atoms with van der Waals surface area (Å²) < 4.78 is 11.1. The van der Waals surface area contributed by atoms with Crippen molar-refractivity contribution in [2.45, 2.75) is 51.9 Å². The molecule has 1 aromatic rings. The smallest absolute Gasteiger partial charge is 0.407 e. The quantitative estimate of drug-likeness (QED) is 0.458. The Hall–Kier alpha value is -1.40. The van der Waals surface area contributed by atoms with E-state index in [2.05, 4.69) is 46.1 Å². The van der Waals surface area contributed by atoms with Gasteiger partial charge in [0, 0.05) is 10.8 Å². The molecule has 2 atom stereocenters. The molecule has 0 unspecified atom stereocenters. The zero-order valence-corrected chi connectivity index (χ0v) is 19.1. The van der Waals surface area contributed by atoms with Crippen LogP contribution in [-0.4, -0.2) is 27.8 Å². The summed E-state index contributed by atoms with van der Waals surface area (Å²) in [6.07, 6.45) is 3.51. The van der Waals surface area contributed by atoms with E-state index in [0.29, 0.717) is 0 Å². The van der Waals surface area contributed by atoms with Gasteiger partial charge in [-0.05, 0) is 30.0 Å². The number of amides is 1. The second kappa shape index (κ2) is 9.51. The molecule has 0 aliphatic carbocycles. The third-order valence-electron chi connectivity index (χ3n) is 5.08. The summed E-state index contributed by atoms with van der Waals surface area (Å²) in [7, 11) is -0.502. The lowest BCUT2D eigenvalue weighted by atomic mass is 9.94. The molecule has 0 fully saturated rings. The fourth-order valence-corrected chi connectivity index (χ4v) is 3.74. The van der Waals surface area contributed by atoms with Gasteiger partial charge in [-0.1, -0.05) is 58.0 Å². The Morgan fingerprint density at radius 3 is 2.27 bits per heavy atom. The van der Waals surface area contributed by atoms with Gasteiger partial charge in [0.25, 0.3) is 0 Å². The molecule has 1 amide bonds. The molecule has 0 aliphatic heterocycles. The van der Waals surface area contributed by atoms with E-state index < -0.39 is 14.4 Å². The van der Waals surface area contributed by atoms with Gasteiger partial charge in [-0.2, -0.15) is 0 Å². The number of rotatable bonds is 7. The Bertz CT molecular complexity index is 611. The largest absolute Gasteiger partial charge is 0.548 e. The summed E-state index contributed by atoms with van der Waals surface area (Å²) in [5, 5.41) is 3.10. The number of carbonyl (C=O) groups is 1. The van der Waals surface area contributed by atoms with Crippen molar-refractivity contribution in [1.29, 1.82) is 0 Å². The van der Waals surface area contributed by atoms with Crippen molar-refractivity contribution in [3.63, 3.8) is 0 Å². The molecule has 0 aromatic heterocycles. The van der Waals surface area contributed by atoms with E-state index in [1.165, 1.54) is 7.11 Å². The first-order valence-corrected chi connectivity index (χ1v) is 13.0. The number of alkyl carbamates (subject to hydrolysis) is 1. The fourth-order valence-electron chi connectivity index (χ4n) is 2.23. The molecule has 0 radical (unpaired) electrons. The molecular weight excluding hydrogens is 362 g/mol. The Morgan fingerprint density at radius 1 is 1.23 bits per heavy atom. The van der Waals surface area contributed by atoms with E-state index in [-0.39, 0.29) is 17.0 Å². The summed E-state index contributed by atoms with van der Waals surface area (Å²) in [5.41, 5.74) is 1.04. The molecule has 0 saturated heterocycles. The Balaban J connectivity index is 3.11. The standard InChI is InChI=1S/C20H33NO3SSi/c1-15(17(25-6)14-24-26(7,8)20(2,3)4)18(21-19(22)23-5)16-12-10-9-11-13-16/h9-15,18H,1-8H3,(H,21,22)/b17-14-/t15-,18+/m0/s1. The van der Waals surface area contributed by atoms with Crippen LogP contribution in [0.4, 0.5) is 4.79 Å². The number of benzene rings is 1. The number of methoxy groups -OCH3 is 1. The predicted octanol–water partition coefficient (Wildman–Crippen LogP) is 5.95. The number of ether oxygens (including phenoxy) is 1. The Morgan fingerprint density at radius 2 is 1.81 bits per heavy atom. The Kier molecular flexibility index (Phi) is 8.28. The molecule has 1 rings (SSSR count). The van der Waals surface area contributed by atoms with Crippen molar-refractivity contribution in [1.82, 2.24) is 5.32 Å². The molecule has 6 heteroatoms. The highest BCUT2D eigenvalue weighted by molar-refractivity contribution is 8.02. The summed E-state index contributed by atoms with van der Waals surface area (Å²) in [6.45, 7) is 13.2. The van der Waals surface area contributed by atoms with Gasteiger partial charge in [0.15, 0.2) is 0 Å². The van der Waals surface area contributed by atoms with Crippen LogP contribution in [0.1, 0.15) is 39.3 Å². The van der Waals surface area contributed by atoms with Crippen LogP contribution in [0.15, 0.2) is 41.5 Å². The average molecular weight is 396 g/mol. The number of thioether (sulfide) groups is 1. The minimum atomic E-state index is -1.88. The molecule has 1 N–H and O–H groups in total. The average Bonchev–Trinajstić information content (AvgIpc) is 2.59. The van der Waals surface area contributed by atoms with Gasteiger partial charge in [0.05, 0.1) is 19.4 Å². The summed E-state index contributed by atoms with van der Waals surface area (Å²) >= 11 is 1.65. The van der Waals surface area contributed by atoms with Crippen LogP contribution in [0, 0.1) is 5.92 Å². The van der Waals surface area contributed by atoms with Crippen molar-refractivity contribution >= 4 is 26.2 Å².